The molecule has 0 fully saturated rings. The van der Waals surface area contributed by atoms with Crippen LogP contribution in [0.5, 0.6) is 0 Å². The predicted octanol–water partition coefficient (Wildman–Crippen LogP) is 4.00. The molecule has 2 nitrogen and oxygen atoms in total. The second kappa shape index (κ2) is 4.28. The summed E-state index contributed by atoms with van der Waals surface area (Å²) in [6.45, 7) is 0. The molecule has 0 saturated carbocycles. The molecule has 0 atom stereocenters. The second-order valence-corrected chi connectivity index (χ2v) is 4.21. The van der Waals surface area contributed by atoms with Crippen LogP contribution in [0.2, 0.25) is 0 Å². The molecule has 0 bridgehead atoms. The lowest BCUT2D eigenvalue weighted by Gasteiger charge is -1.97. The molecule has 0 amide bonds. The molecule has 0 aliphatic heterocycles. The maximum atomic E-state index is 5.11. The molecular formula is C10H7Br2NO. The quantitative estimate of drug-likeness (QED) is 0.783. The van der Waals surface area contributed by atoms with Crippen molar-refractivity contribution < 1.29 is 4.52 Å². The van der Waals surface area contributed by atoms with E-state index in [1.54, 1.807) is 0 Å². The first-order chi connectivity index (χ1) is 6.81. The van der Waals surface area contributed by atoms with E-state index in [-0.39, 0.29) is 0 Å². The van der Waals surface area contributed by atoms with Crippen molar-refractivity contribution in [1.29, 1.82) is 0 Å². The van der Waals surface area contributed by atoms with E-state index < -0.39 is 0 Å². The van der Waals surface area contributed by atoms with E-state index >= 15 is 0 Å². The minimum Gasteiger partial charge on any atom is -0.360 e. The van der Waals surface area contributed by atoms with Crippen LogP contribution < -0.4 is 0 Å². The number of halogens is 2. The summed E-state index contributed by atoms with van der Waals surface area (Å²) in [5.41, 5.74) is 1.90. The van der Waals surface area contributed by atoms with E-state index in [0.29, 0.717) is 5.33 Å². The smallest absolute Gasteiger partial charge is 0.147 e. The molecule has 4 heteroatoms. The summed E-state index contributed by atoms with van der Waals surface area (Å²) in [5.74, 6) is 0.829. The summed E-state index contributed by atoms with van der Waals surface area (Å²) in [6, 6.07) is 9.86. The van der Waals surface area contributed by atoms with Gasteiger partial charge >= 0.3 is 0 Å². The molecule has 2 rings (SSSR count). The molecule has 1 aromatic heterocycles. The summed E-state index contributed by atoms with van der Waals surface area (Å²) in [4.78, 5) is 0. The molecule has 0 unspecified atom stereocenters. The Morgan fingerprint density at radius 1 is 1.29 bits per heavy atom. The van der Waals surface area contributed by atoms with Crippen molar-refractivity contribution in [3.8, 4) is 11.3 Å². The van der Waals surface area contributed by atoms with E-state index in [2.05, 4.69) is 37.0 Å². The third kappa shape index (κ3) is 1.91. The van der Waals surface area contributed by atoms with Crippen molar-refractivity contribution in [2.75, 3.05) is 0 Å². The van der Waals surface area contributed by atoms with Crippen molar-refractivity contribution in [2.45, 2.75) is 5.33 Å². The predicted molar refractivity (Wildman–Crippen MR) is 62.3 cm³/mol. The normalized spacial score (nSPS) is 10.4. The van der Waals surface area contributed by atoms with Gasteiger partial charge in [-0.3, -0.25) is 0 Å². The van der Waals surface area contributed by atoms with Crippen LogP contribution in [-0.4, -0.2) is 5.16 Å². The first-order valence-corrected chi connectivity index (χ1v) is 5.99. The summed E-state index contributed by atoms with van der Waals surface area (Å²) in [5, 5.41) is 4.67. The van der Waals surface area contributed by atoms with Gasteiger partial charge in [-0.15, -0.1) is 0 Å². The lowest BCUT2D eigenvalue weighted by atomic mass is 10.1. The Balaban J connectivity index is 2.44. The molecule has 0 spiro atoms. The van der Waals surface area contributed by atoms with Gasteiger partial charge in [0.15, 0.2) is 0 Å². The number of hydrogen-bond acceptors (Lipinski definition) is 2. The van der Waals surface area contributed by atoms with Crippen LogP contribution in [0.1, 0.15) is 5.76 Å². The highest BCUT2D eigenvalue weighted by Gasteiger charge is 2.07. The molecule has 0 N–H and O–H groups in total. The van der Waals surface area contributed by atoms with Crippen molar-refractivity contribution in [1.82, 2.24) is 5.16 Å². The Bertz CT molecular complexity index is 439. The third-order valence-corrected chi connectivity index (χ3v) is 3.08. The number of rotatable bonds is 2. The molecule has 0 radical (unpaired) electrons. The van der Waals surface area contributed by atoms with Gasteiger partial charge < -0.3 is 4.52 Å². The molecular weight excluding hydrogens is 310 g/mol. The van der Waals surface area contributed by atoms with E-state index in [1.165, 1.54) is 0 Å². The van der Waals surface area contributed by atoms with Gasteiger partial charge in [-0.2, -0.15) is 0 Å². The van der Waals surface area contributed by atoms with Gasteiger partial charge in [-0.25, -0.2) is 0 Å². The monoisotopic (exact) mass is 315 g/mol. The van der Waals surface area contributed by atoms with Crippen molar-refractivity contribution >= 4 is 31.9 Å². The van der Waals surface area contributed by atoms with Gasteiger partial charge in [-0.1, -0.05) is 55.2 Å². The van der Waals surface area contributed by atoms with Gasteiger partial charge in [0.1, 0.15) is 11.5 Å². The van der Waals surface area contributed by atoms with Crippen LogP contribution >= 0.6 is 31.9 Å². The van der Waals surface area contributed by atoms with Crippen LogP contribution in [0.4, 0.5) is 0 Å². The third-order valence-electron chi connectivity index (χ3n) is 1.84. The van der Waals surface area contributed by atoms with E-state index in [4.69, 9.17) is 4.52 Å². The molecule has 0 saturated heterocycles. The van der Waals surface area contributed by atoms with E-state index in [1.807, 2.05) is 30.3 Å². The topological polar surface area (TPSA) is 26.0 Å². The van der Waals surface area contributed by atoms with Crippen molar-refractivity contribution in [3.05, 3.63) is 40.6 Å². The Labute approximate surface area is 98.6 Å². The first kappa shape index (κ1) is 9.93. The molecule has 0 aliphatic rings. The maximum Gasteiger partial charge on any atom is 0.147 e. The van der Waals surface area contributed by atoms with Crippen LogP contribution in [-0.2, 0) is 5.33 Å². The largest absolute Gasteiger partial charge is 0.360 e. The number of nitrogens with zero attached hydrogens (tertiary/aromatic N) is 1. The summed E-state index contributed by atoms with van der Waals surface area (Å²) < 4.78 is 6.13. The van der Waals surface area contributed by atoms with Gasteiger partial charge in [0.2, 0.25) is 0 Å². The standard InChI is InChI=1S/C10H7Br2NO/c11-6-7-5-10(13-14-7)8-3-1-2-4-9(8)12/h1-5H,6H2. The van der Waals surface area contributed by atoms with Gasteiger partial charge in [0.25, 0.3) is 0 Å². The van der Waals surface area contributed by atoms with Crippen molar-refractivity contribution in [2.24, 2.45) is 0 Å². The Hall–Kier alpha value is -0.610. The van der Waals surface area contributed by atoms with E-state index in [0.717, 1.165) is 21.5 Å². The number of alkyl halides is 1. The number of aromatic nitrogens is 1. The fourth-order valence-corrected chi connectivity index (χ4v) is 1.92. The van der Waals surface area contributed by atoms with E-state index in [9.17, 15) is 0 Å². The van der Waals surface area contributed by atoms with Crippen LogP contribution in [0, 0.1) is 0 Å². The van der Waals surface area contributed by atoms with Crippen LogP contribution in [0.25, 0.3) is 11.3 Å². The first-order valence-electron chi connectivity index (χ1n) is 4.07. The Kier molecular flexibility index (Phi) is 3.03. The zero-order chi connectivity index (χ0) is 9.97. The highest BCUT2D eigenvalue weighted by atomic mass is 79.9. The summed E-state index contributed by atoms with van der Waals surface area (Å²) in [7, 11) is 0. The van der Waals surface area contributed by atoms with Crippen molar-refractivity contribution in [3.63, 3.8) is 0 Å². The zero-order valence-electron chi connectivity index (χ0n) is 7.21. The van der Waals surface area contributed by atoms with Crippen LogP contribution in [0.3, 0.4) is 0 Å². The molecule has 0 aliphatic carbocycles. The van der Waals surface area contributed by atoms with Gasteiger partial charge in [0.05, 0.1) is 5.33 Å². The lowest BCUT2D eigenvalue weighted by Crippen LogP contribution is -1.77. The Morgan fingerprint density at radius 3 is 2.71 bits per heavy atom. The maximum absolute atomic E-state index is 5.11. The average Bonchev–Trinajstić information content (AvgIpc) is 2.67. The zero-order valence-corrected chi connectivity index (χ0v) is 10.4. The van der Waals surface area contributed by atoms with Crippen LogP contribution in [0.15, 0.2) is 39.3 Å². The minimum atomic E-state index is 0.685. The lowest BCUT2D eigenvalue weighted by molar-refractivity contribution is 0.398. The average molecular weight is 317 g/mol. The molecule has 1 aromatic carbocycles. The summed E-state index contributed by atoms with van der Waals surface area (Å²) in [6.07, 6.45) is 0. The molecule has 1 heterocycles. The second-order valence-electron chi connectivity index (χ2n) is 2.79. The fraction of sp³-hybridized carbons (Fsp3) is 0.100. The molecule has 2 aromatic rings. The van der Waals surface area contributed by atoms with Gasteiger partial charge in [-0.05, 0) is 6.07 Å². The highest BCUT2D eigenvalue weighted by Crippen LogP contribution is 2.27. The number of benzene rings is 1. The minimum absolute atomic E-state index is 0.685. The SMILES string of the molecule is BrCc1cc(-c2ccccc2Br)no1. The molecule has 72 valence electrons. The fourth-order valence-electron chi connectivity index (χ4n) is 1.17. The summed E-state index contributed by atoms with van der Waals surface area (Å²) >= 11 is 6.79. The molecule has 14 heavy (non-hydrogen) atoms. The number of hydrogen-bond donors (Lipinski definition) is 0. The Morgan fingerprint density at radius 2 is 2.07 bits per heavy atom. The van der Waals surface area contributed by atoms with Gasteiger partial charge in [0, 0.05) is 16.1 Å². The highest BCUT2D eigenvalue weighted by molar-refractivity contribution is 9.10.